The molecule has 12 nitrogen and oxygen atoms in total. The zero-order valence-corrected chi connectivity index (χ0v) is 53.3. The fraction of sp³-hybridized carbons (Fsp3) is 0.671. The summed E-state index contributed by atoms with van der Waals surface area (Å²) < 4.78 is 28.5. The number of esters is 3. The molecule has 1 heterocycles. The molecule has 0 aliphatic carbocycles. The van der Waals surface area contributed by atoms with Crippen LogP contribution in [0.1, 0.15) is 265 Å². The first-order chi connectivity index (χ1) is 41.6. The summed E-state index contributed by atoms with van der Waals surface area (Å²) in [5.74, 6) is -3.25. The Morgan fingerprint density at radius 2 is 0.765 bits per heavy atom. The molecule has 6 atom stereocenters. The summed E-state index contributed by atoms with van der Waals surface area (Å²) in [6, 6.07) is 0. The number of carboxylic acids is 1. The Labute approximate surface area is 516 Å². The minimum atomic E-state index is -1.94. The number of ether oxygens (including phenoxy) is 5. The van der Waals surface area contributed by atoms with Gasteiger partial charge in [-0.3, -0.25) is 14.4 Å². The molecular formula is C73H118O12. The van der Waals surface area contributed by atoms with Gasteiger partial charge in [0.2, 0.25) is 0 Å². The van der Waals surface area contributed by atoms with Crippen molar-refractivity contribution in [2.75, 3.05) is 13.2 Å². The molecular weight excluding hydrogens is 1070 g/mol. The molecule has 0 aromatic rings. The van der Waals surface area contributed by atoms with Gasteiger partial charge in [0.05, 0.1) is 6.61 Å². The van der Waals surface area contributed by atoms with Crippen LogP contribution in [0.5, 0.6) is 0 Å². The van der Waals surface area contributed by atoms with E-state index in [9.17, 15) is 34.5 Å². The number of carbonyl (C=O) groups is 4. The number of carbonyl (C=O) groups excluding carboxylic acids is 3. The van der Waals surface area contributed by atoms with Gasteiger partial charge in [0.15, 0.2) is 24.6 Å². The smallest absolute Gasteiger partial charge is 0.335 e. The Bertz CT molecular complexity index is 1940. The van der Waals surface area contributed by atoms with E-state index in [1.807, 2.05) is 18.2 Å². The highest BCUT2D eigenvalue weighted by Crippen LogP contribution is 2.26. The molecule has 1 rings (SSSR count). The van der Waals surface area contributed by atoms with Gasteiger partial charge in [0.1, 0.15) is 18.8 Å². The van der Waals surface area contributed by atoms with Gasteiger partial charge < -0.3 is 39.0 Å². The molecule has 1 saturated heterocycles. The molecule has 0 aromatic heterocycles. The van der Waals surface area contributed by atoms with E-state index in [4.69, 9.17) is 23.7 Å². The monoisotopic (exact) mass is 1190 g/mol. The molecule has 3 N–H and O–H groups in total. The maximum absolute atomic E-state index is 13.2. The highest BCUT2D eigenvalue weighted by molar-refractivity contribution is 5.74. The molecule has 482 valence electrons. The second kappa shape index (κ2) is 59.5. The van der Waals surface area contributed by atoms with E-state index in [0.29, 0.717) is 25.7 Å². The second-order valence-electron chi connectivity index (χ2n) is 22.3. The van der Waals surface area contributed by atoms with E-state index in [1.54, 1.807) is 0 Å². The number of aliphatic hydroxyl groups is 2. The normalized spacial score (nSPS) is 18.2. The fourth-order valence-corrected chi connectivity index (χ4v) is 9.50. The molecule has 12 heteroatoms. The van der Waals surface area contributed by atoms with Crippen molar-refractivity contribution in [3.05, 3.63) is 122 Å². The lowest BCUT2D eigenvalue weighted by Crippen LogP contribution is -2.61. The number of allylic oxidation sites excluding steroid dienone is 20. The van der Waals surface area contributed by atoms with E-state index in [1.165, 1.54) is 83.5 Å². The van der Waals surface area contributed by atoms with Crippen molar-refractivity contribution in [1.82, 2.24) is 0 Å². The first kappa shape index (κ1) is 78.1. The van der Waals surface area contributed by atoms with Crippen LogP contribution in [0.3, 0.4) is 0 Å². The number of unbranched alkanes of at least 4 members (excludes halogenated alkanes) is 22. The summed E-state index contributed by atoms with van der Waals surface area (Å²) in [6.07, 6.45) is 70.2. The summed E-state index contributed by atoms with van der Waals surface area (Å²) in [5.41, 5.74) is 0. The van der Waals surface area contributed by atoms with E-state index < -0.39 is 67.3 Å². The molecule has 0 saturated carbocycles. The number of aliphatic carboxylic acids is 1. The number of hydrogen-bond donors (Lipinski definition) is 3. The van der Waals surface area contributed by atoms with Gasteiger partial charge in [-0.1, -0.05) is 271 Å². The topological polar surface area (TPSA) is 175 Å². The van der Waals surface area contributed by atoms with Crippen LogP contribution in [-0.2, 0) is 42.9 Å². The summed E-state index contributed by atoms with van der Waals surface area (Å²) in [7, 11) is 0. The van der Waals surface area contributed by atoms with Crippen molar-refractivity contribution in [3.8, 4) is 0 Å². The quantitative estimate of drug-likeness (QED) is 0.0228. The van der Waals surface area contributed by atoms with Gasteiger partial charge in [0.25, 0.3) is 0 Å². The van der Waals surface area contributed by atoms with Gasteiger partial charge in [-0.15, -0.1) is 0 Å². The lowest BCUT2D eigenvalue weighted by molar-refractivity contribution is -0.301. The van der Waals surface area contributed by atoms with Gasteiger partial charge in [-0.2, -0.15) is 0 Å². The van der Waals surface area contributed by atoms with E-state index in [-0.39, 0.29) is 25.9 Å². The number of hydrogen-bond acceptors (Lipinski definition) is 11. The van der Waals surface area contributed by atoms with Crippen LogP contribution in [0.15, 0.2) is 122 Å². The first-order valence-electron chi connectivity index (χ1n) is 33.5. The molecule has 85 heavy (non-hydrogen) atoms. The predicted molar refractivity (Wildman–Crippen MR) is 349 cm³/mol. The Morgan fingerprint density at radius 1 is 0.400 bits per heavy atom. The van der Waals surface area contributed by atoms with Gasteiger partial charge in [0, 0.05) is 19.3 Å². The third-order valence-electron chi connectivity index (χ3n) is 14.5. The Hall–Kier alpha value is -4.88. The molecule has 6 unspecified atom stereocenters. The van der Waals surface area contributed by atoms with Crippen LogP contribution < -0.4 is 0 Å². The third kappa shape index (κ3) is 48.9. The minimum absolute atomic E-state index is 0.0706. The molecule has 0 bridgehead atoms. The maximum atomic E-state index is 13.2. The highest BCUT2D eigenvalue weighted by atomic mass is 16.7. The molecule has 0 amide bonds. The molecule has 0 radical (unpaired) electrons. The first-order valence-corrected chi connectivity index (χ1v) is 33.5. The van der Waals surface area contributed by atoms with Crippen LogP contribution in [0.25, 0.3) is 0 Å². The van der Waals surface area contributed by atoms with E-state index in [0.717, 1.165) is 116 Å². The second-order valence-corrected chi connectivity index (χ2v) is 22.3. The maximum Gasteiger partial charge on any atom is 0.335 e. The number of rotatable bonds is 56. The summed E-state index contributed by atoms with van der Waals surface area (Å²) >= 11 is 0. The van der Waals surface area contributed by atoms with Gasteiger partial charge in [-0.05, 0) is 96.3 Å². The molecule has 1 aliphatic heterocycles. The van der Waals surface area contributed by atoms with Crippen molar-refractivity contribution in [2.24, 2.45) is 0 Å². The average Bonchev–Trinajstić information content (AvgIpc) is 2.79. The largest absolute Gasteiger partial charge is 0.479 e. The van der Waals surface area contributed by atoms with Crippen molar-refractivity contribution < 1.29 is 58.2 Å². The Balaban J connectivity index is 2.71. The number of aliphatic hydroxyl groups excluding tert-OH is 2. The van der Waals surface area contributed by atoms with Gasteiger partial charge in [-0.25, -0.2) is 4.79 Å². The Kier molecular flexibility index (Phi) is 54.6. The highest BCUT2D eigenvalue weighted by Gasteiger charge is 2.50. The third-order valence-corrected chi connectivity index (χ3v) is 14.5. The molecule has 1 fully saturated rings. The van der Waals surface area contributed by atoms with Crippen LogP contribution in [0, 0.1) is 0 Å². The molecule has 0 spiro atoms. The van der Waals surface area contributed by atoms with Gasteiger partial charge >= 0.3 is 23.9 Å². The zero-order valence-electron chi connectivity index (χ0n) is 53.3. The van der Waals surface area contributed by atoms with Crippen molar-refractivity contribution in [2.45, 2.75) is 302 Å². The summed E-state index contributed by atoms with van der Waals surface area (Å²) in [6.45, 7) is 5.75. The van der Waals surface area contributed by atoms with Crippen molar-refractivity contribution in [1.29, 1.82) is 0 Å². The average molecular weight is 1190 g/mol. The minimum Gasteiger partial charge on any atom is -0.479 e. The summed E-state index contributed by atoms with van der Waals surface area (Å²) in [4.78, 5) is 51.4. The summed E-state index contributed by atoms with van der Waals surface area (Å²) in [5, 5.41) is 31.6. The van der Waals surface area contributed by atoms with E-state index in [2.05, 4.69) is 124 Å². The lowest BCUT2D eigenvalue weighted by Gasteiger charge is -2.40. The molecule has 0 aromatic carbocycles. The SMILES string of the molecule is CC/C=C\C/C=C\C/C=C\C/C=C\C/C=C\C/C=C\CCC(=O)OC1C(OCC(COC(=O)CCCCCCCC/C=C\C/C=C\C/C=C\C/C=C\CC)OC(=O)CCCCCCCCCCCCCCCCCCC)OC(C(=O)O)C(O)C1O. The van der Waals surface area contributed by atoms with Crippen molar-refractivity contribution in [3.63, 3.8) is 0 Å². The molecule has 1 aliphatic rings. The van der Waals surface area contributed by atoms with E-state index >= 15 is 0 Å². The Morgan fingerprint density at radius 3 is 1.18 bits per heavy atom. The van der Waals surface area contributed by atoms with Crippen LogP contribution >= 0.6 is 0 Å². The zero-order chi connectivity index (χ0) is 61.7. The number of carboxylic acid groups (broad SMARTS) is 1. The van der Waals surface area contributed by atoms with Crippen molar-refractivity contribution >= 4 is 23.9 Å². The predicted octanol–water partition coefficient (Wildman–Crippen LogP) is 18.3. The van der Waals surface area contributed by atoms with Crippen LogP contribution in [0.4, 0.5) is 0 Å². The lowest BCUT2D eigenvalue weighted by atomic mass is 9.98. The van der Waals surface area contributed by atoms with Crippen LogP contribution in [-0.4, -0.2) is 89.2 Å². The fourth-order valence-electron chi connectivity index (χ4n) is 9.50. The standard InChI is InChI=1S/C73H118O12/c1-4-7-10-13-16-19-22-25-28-31-33-36-38-41-44-47-50-53-56-59-65(74)81-62-64(83-66(75)60-57-54-51-48-45-42-39-35-30-27-24-21-18-15-12-9-6-3)63-82-73-71(69(78)68(77)70(85-73)72(79)80)84-67(76)61-58-55-52-49-46-43-40-37-34-32-29-26-23-20-17-14-11-8-5-2/h7-8,10-11,16-17,19-20,25-26,28-29,33-34,36-37,43,46,52,55,64,68-71,73,77-78H,4-6,9,12-15,18,21-24,27,30-32,35,38-42,44-45,47-51,53-54,56-63H2,1-3H3,(H,79,80)/b10-7-,11-8-,19-16-,20-17-,28-25-,29-26-,36-33-,37-34-,46-43-,55-52-. The van der Waals surface area contributed by atoms with Crippen LogP contribution in [0.2, 0.25) is 0 Å².